The van der Waals surface area contributed by atoms with Gasteiger partial charge in [0.15, 0.2) is 0 Å². The molecule has 90 valence electrons. The number of nitrogens with one attached hydrogen (secondary N) is 1. The highest BCUT2D eigenvalue weighted by Gasteiger charge is 2.35. The van der Waals surface area contributed by atoms with E-state index in [4.69, 9.17) is 5.11 Å². The first-order valence-corrected chi connectivity index (χ1v) is 5.17. The molecule has 6 heteroatoms. The van der Waals surface area contributed by atoms with Crippen molar-refractivity contribution in [2.24, 2.45) is 17.1 Å². The molecule has 0 saturated carbocycles. The van der Waals surface area contributed by atoms with Crippen LogP contribution < -0.4 is 5.43 Å². The van der Waals surface area contributed by atoms with Crippen LogP contribution in [0.4, 0.5) is 0 Å². The predicted octanol–water partition coefficient (Wildman–Crippen LogP) is 0.674. The fraction of sp³-hybridized carbons (Fsp3) is 0.700. The minimum Gasteiger partial charge on any atom is -0.478 e. The summed E-state index contributed by atoms with van der Waals surface area (Å²) in [6.07, 6.45) is 0.732. The predicted molar refractivity (Wildman–Crippen MR) is 57.4 cm³/mol. The van der Waals surface area contributed by atoms with E-state index in [1.165, 1.54) is 0 Å². The number of hydrogen-bond acceptors (Lipinski definition) is 4. The lowest BCUT2D eigenvalue weighted by atomic mass is 9.78. The van der Waals surface area contributed by atoms with Gasteiger partial charge in [0.2, 0.25) is 0 Å². The SMILES string of the molecule is CC(C)C1C=C(C(=O)O)CC(O)C1NN=O. The molecule has 3 unspecified atom stereocenters. The summed E-state index contributed by atoms with van der Waals surface area (Å²) in [7, 11) is 0. The summed E-state index contributed by atoms with van der Waals surface area (Å²) in [6, 6.07) is -0.513. The maximum Gasteiger partial charge on any atom is 0.331 e. The molecular weight excluding hydrogens is 212 g/mol. The highest BCUT2D eigenvalue weighted by molar-refractivity contribution is 5.87. The second kappa shape index (κ2) is 5.07. The quantitative estimate of drug-likeness (QED) is 0.485. The second-order valence-electron chi connectivity index (χ2n) is 4.34. The minimum atomic E-state index is -1.03. The first kappa shape index (κ1) is 12.6. The molecule has 3 atom stereocenters. The molecule has 0 aliphatic heterocycles. The van der Waals surface area contributed by atoms with Crippen molar-refractivity contribution in [1.82, 2.24) is 5.43 Å². The highest BCUT2D eigenvalue weighted by Crippen LogP contribution is 2.29. The van der Waals surface area contributed by atoms with Gasteiger partial charge in [0.25, 0.3) is 0 Å². The Morgan fingerprint density at radius 3 is 2.69 bits per heavy atom. The van der Waals surface area contributed by atoms with Gasteiger partial charge in [-0.1, -0.05) is 19.9 Å². The summed E-state index contributed by atoms with van der Waals surface area (Å²) >= 11 is 0. The number of aliphatic hydroxyl groups excluding tert-OH is 1. The van der Waals surface area contributed by atoms with Crippen LogP contribution in [0.2, 0.25) is 0 Å². The van der Waals surface area contributed by atoms with E-state index in [0.29, 0.717) is 0 Å². The number of carbonyl (C=O) groups is 1. The molecule has 0 radical (unpaired) electrons. The van der Waals surface area contributed by atoms with Gasteiger partial charge in [-0.15, -0.1) is 4.91 Å². The van der Waals surface area contributed by atoms with Crippen LogP contribution >= 0.6 is 0 Å². The van der Waals surface area contributed by atoms with Gasteiger partial charge < -0.3 is 10.2 Å². The fourth-order valence-corrected chi connectivity index (χ4v) is 2.01. The Kier molecular flexibility index (Phi) is 4.00. The van der Waals surface area contributed by atoms with Crippen molar-refractivity contribution in [3.05, 3.63) is 16.6 Å². The molecular formula is C10H16N2O4. The smallest absolute Gasteiger partial charge is 0.331 e. The molecule has 6 nitrogen and oxygen atoms in total. The maximum absolute atomic E-state index is 10.8. The van der Waals surface area contributed by atoms with Crippen molar-refractivity contribution in [3.8, 4) is 0 Å². The number of nitrogens with zero attached hydrogens (tertiary/aromatic N) is 1. The molecule has 0 bridgehead atoms. The minimum absolute atomic E-state index is 0.0335. The van der Waals surface area contributed by atoms with Crippen LogP contribution in [0, 0.1) is 16.7 Å². The van der Waals surface area contributed by atoms with Crippen LogP contribution in [0.1, 0.15) is 20.3 Å². The van der Waals surface area contributed by atoms with Crippen LogP contribution in [-0.4, -0.2) is 28.3 Å². The zero-order valence-corrected chi connectivity index (χ0v) is 9.25. The Morgan fingerprint density at radius 2 is 2.25 bits per heavy atom. The van der Waals surface area contributed by atoms with Gasteiger partial charge >= 0.3 is 5.97 Å². The van der Waals surface area contributed by atoms with E-state index in [1.54, 1.807) is 6.08 Å². The first-order chi connectivity index (χ1) is 7.47. The number of aliphatic carboxylic acids is 1. The Labute approximate surface area is 93.3 Å². The van der Waals surface area contributed by atoms with Crippen LogP contribution in [0.25, 0.3) is 0 Å². The fourth-order valence-electron chi connectivity index (χ4n) is 2.01. The summed E-state index contributed by atoms with van der Waals surface area (Å²) in [5.41, 5.74) is 2.50. The van der Waals surface area contributed by atoms with E-state index in [9.17, 15) is 14.8 Å². The standard InChI is InChI=1S/C10H16N2O4/c1-5(2)7-3-6(10(14)15)4-8(13)9(7)11-12-16/h3,5,7-9,13H,4H2,1-2H3,(H,11,16)(H,14,15). The summed E-state index contributed by atoms with van der Waals surface area (Å²) in [5, 5.41) is 21.2. The van der Waals surface area contributed by atoms with Crippen LogP contribution in [0.15, 0.2) is 16.9 Å². The topological polar surface area (TPSA) is 99.0 Å². The molecule has 1 aliphatic rings. The van der Waals surface area contributed by atoms with Crippen LogP contribution in [0.5, 0.6) is 0 Å². The van der Waals surface area contributed by atoms with E-state index in [2.05, 4.69) is 10.7 Å². The highest BCUT2D eigenvalue weighted by atomic mass is 16.4. The van der Waals surface area contributed by atoms with Crippen molar-refractivity contribution < 1.29 is 15.0 Å². The van der Waals surface area contributed by atoms with Gasteiger partial charge in [-0.3, -0.25) is 5.43 Å². The van der Waals surface area contributed by atoms with Crippen LogP contribution in [-0.2, 0) is 4.79 Å². The van der Waals surface area contributed by atoms with Crippen LogP contribution in [0.3, 0.4) is 0 Å². The molecule has 0 aromatic heterocycles. The molecule has 3 N–H and O–H groups in total. The lowest BCUT2D eigenvalue weighted by molar-refractivity contribution is -0.133. The van der Waals surface area contributed by atoms with Crippen molar-refractivity contribution in [2.45, 2.75) is 32.4 Å². The van der Waals surface area contributed by atoms with E-state index >= 15 is 0 Å². The summed E-state index contributed by atoms with van der Waals surface area (Å²) in [5.74, 6) is -1.13. The molecule has 0 spiro atoms. The molecule has 1 rings (SSSR count). The van der Waals surface area contributed by atoms with Crippen molar-refractivity contribution in [2.75, 3.05) is 0 Å². The number of nitroso groups, excluding NO2 is 1. The van der Waals surface area contributed by atoms with Gasteiger partial charge in [0.1, 0.15) is 0 Å². The lowest BCUT2D eigenvalue weighted by Gasteiger charge is -2.34. The average Bonchev–Trinajstić information content (AvgIpc) is 2.20. The second-order valence-corrected chi connectivity index (χ2v) is 4.34. The van der Waals surface area contributed by atoms with Crippen molar-refractivity contribution in [1.29, 1.82) is 0 Å². The Morgan fingerprint density at radius 1 is 1.62 bits per heavy atom. The Bertz CT molecular complexity index is 314. The summed E-state index contributed by atoms with van der Waals surface area (Å²) in [6.45, 7) is 3.80. The molecule has 0 aromatic rings. The molecule has 16 heavy (non-hydrogen) atoms. The summed E-state index contributed by atoms with van der Waals surface area (Å²) in [4.78, 5) is 21.0. The van der Waals surface area contributed by atoms with Crippen molar-refractivity contribution in [3.63, 3.8) is 0 Å². The zero-order valence-electron chi connectivity index (χ0n) is 9.25. The number of hydrogen-bond donors (Lipinski definition) is 3. The van der Waals surface area contributed by atoms with Gasteiger partial charge in [0.05, 0.1) is 12.1 Å². The first-order valence-electron chi connectivity index (χ1n) is 5.17. The molecule has 0 aromatic carbocycles. The van der Waals surface area contributed by atoms with E-state index in [-0.39, 0.29) is 23.8 Å². The maximum atomic E-state index is 10.8. The Balaban J connectivity index is 2.97. The number of carboxylic acids is 1. The molecule has 0 heterocycles. The summed E-state index contributed by atoms with van der Waals surface area (Å²) < 4.78 is 0. The third-order valence-corrected chi connectivity index (χ3v) is 2.90. The molecule has 0 amide bonds. The van der Waals surface area contributed by atoms with E-state index in [0.717, 1.165) is 0 Å². The van der Waals surface area contributed by atoms with E-state index < -0.39 is 18.1 Å². The molecule has 0 fully saturated rings. The van der Waals surface area contributed by atoms with E-state index in [1.807, 2.05) is 13.8 Å². The van der Waals surface area contributed by atoms with Crippen molar-refractivity contribution >= 4 is 5.97 Å². The molecule has 1 aliphatic carbocycles. The normalized spacial score (nSPS) is 29.8. The zero-order chi connectivity index (χ0) is 12.3. The lowest BCUT2D eigenvalue weighted by Crippen LogP contribution is -2.47. The largest absolute Gasteiger partial charge is 0.478 e. The molecule has 0 saturated heterocycles. The van der Waals surface area contributed by atoms with Gasteiger partial charge in [-0.25, -0.2) is 4.79 Å². The Hall–Kier alpha value is -1.43. The third-order valence-electron chi connectivity index (χ3n) is 2.90. The number of rotatable bonds is 4. The number of carboxylic acid groups (broad SMARTS) is 1. The average molecular weight is 228 g/mol. The van der Waals surface area contributed by atoms with Gasteiger partial charge in [0, 0.05) is 23.2 Å². The van der Waals surface area contributed by atoms with Gasteiger partial charge in [-0.05, 0) is 5.92 Å². The number of aliphatic hydroxyl groups is 1. The van der Waals surface area contributed by atoms with Gasteiger partial charge in [-0.2, -0.15) is 0 Å². The monoisotopic (exact) mass is 228 g/mol. The third kappa shape index (κ3) is 2.57.